The summed E-state index contributed by atoms with van der Waals surface area (Å²) in [7, 11) is 0. The van der Waals surface area contributed by atoms with Crippen molar-refractivity contribution in [3.8, 4) is 0 Å². The summed E-state index contributed by atoms with van der Waals surface area (Å²) in [5.41, 5.74) is 0.710. The van der Waals surface area contributed by atoms with Crippen molar-refractivity contribution in [3.05, 3.63) is 39.2 Å². The van der Waals surface area contributed by atoms with Gasteiger partial charge >= 0.3 is 0 Å². The largest absolute Gasteiger partial charge is 0.288 e. The Morgan fingerprint density at radius 2 is 2.31 bits per heavy atom. The second kappa shape index (κ2) is 2.62. The number of rotatable bonds is 1. The molecular weight excluding hydrogens is 175 g/mol. The molecule has 0 saturated heterocycles. The Bertz CT molecular complexity index is 415. The third-order valence-corrected chi connectivity index (χ3v) is 1.91. The van der Waals surface area contributed by atoms with Crippen LogP contribution in [0, 0.1) is 15.9 Å². The normalized spacial score (nSPS) is 13.0. The molecule has 1 aliphatic heterocycles. The van der Waals surface area contributed by atoms with Gasteiger partial charge in [-0.15, -0.1) is 0 Å². The Hall–Kier alpha value is -1.78. The predicted molar refractivity (Wildman–Crippen MR) is 44.4 cm³/mol. The number of hydrogen-bond acceptors (Lipinski definition) is 3. The highest BCUT2D eigenvalue weighted by Crippen LogP contribution is 2.24. The third-order valence-electron chi connectivity index (χ3n) is 1.91. The lowest BCUT2D eigenvalue weighted by atomic mass is 10.1. The summed E-state index contributed by atoms with van der Waals surface area (Å²) in [5, 5.41) is 10.3. The van der Waals surface area contributed by atoms with Gasteiger partial charge in [0, 0.05) is 23.4 Å². The van der Waals surface area contributed by atoms with Crippen molar-refractivity contribution in [2.45, 2.75) is 6.54 Å². The van der Waals surface area contributed by atoms with Crippen LogP contribution in [0.2, 0.25) is 0 Å². The second-order valence-corrected chi connectivity index (χ2v) is 2.72. The smallest absolute Gasteiger partial charge is 0.273 e. The lowest BCUT2D eigenvalue weighted by molar-refractivity contribution is -0.385. The van der Waals surface area contributed by atoms with Gasteiger partial charge in [0.15, 0.2) is 0 Å². The first-order valence-electron chi connectivity index (χ1n) is 3.65. The summed E-state index contributed by atoms with van der Waals surface area (Å²) in [5.74, 6) is -0.554. The summed E-state index contributed by atoms with van der Waals surface area (Å²) in [6.45, 7) is 0.277. The third kappa shape index (κ3) is 1.18. The molecule has 0 bridgehead atoms. The van der Waals surface area contributed by atoms with E-state index in [1.807, 2.05) is 0 Å². The highest BCUT2D eigenvalue weighted by molar-refractivity contribution is 5.85. The summed E-state index contributed by atoms with van der Waals surface area (Å²) >= 11 is 0. The highest BCUT2D eigenvalue weighted by atomic mass is 19.1. The number of hydrogen-bond donors (Lipinski definition) is 0. The first-order chi connectivity index (χ1) is 6.18. The average Bonchev–Trinajstić information content (AvgIpc) is 2.51. The molecule has 0 amide bonds. The first kappa shape index (κ1) is 7.85. The second-order valence-electron chi connectivity index (χ2n) is 2.72. The minimum atomic E-state index is -0.616. The number of fused-ring (bicyclic) bond motifs is 1. The summed E-state index contributed by atoms with van der Waals surface area (Å²) in [4.78, 5) is 13.6. The molecule has 0 aliphatic carbocycles. The summed E-state index contributed by atoms with van der Waals surface area (Å²) in [6, 6.07) is 2.25. The fourth-order valence-electron chi connectivity index (χ4n) is 1.27. The lowest BCUT2D eigenvalue weighted by Gasteiger charge is -1.98. The van der Waals surface area contributed by atoms with E-state index in [2.05, 4.69) is 4.99 Å². The topological polar surface area (TPSA) is 55.5 Å². The van der Waals surface area contributed by atoms with E-state index >= 15 is 0 Å². The predicted octanol–water partition coefficient (Wildman–Crippen LogP) is 1.67. The monoisotopic (exact) mass is 180 g/mol. The number of nitro groups is 1. The van der Waals surface area contributed by atoms with Gasteiger partial charge in [0.1, 0.15) is 5.82 Å². The van der Waals surface area contributed by atoms with E-state index in [4.69, 9.17) is 0 Å². The standard InChI is InChI=1S/C8H5FN2O2/c9-8-2-6(11(12)13)1-5-3-10-4-7(5)8/h1-3H,4H2. The Labute approximate surface area is 72.9 Å². The Morgan fingerprint density at radius 3 is 3.00 bits per heavy atom. The van der Waals surface area contributed by atoms with Gasteiger partial charge in [0.2, 0.25) is 0 Å². The molecular formula is C8H5FN2O2. The number of halogens is 1. The molecule has 1 heterocycles. The van der Waals surface area contributed by atoms with Crippen molar-refractivity contribution >= 4 is 11.9 Å². The summed E-state index contributed by atoms with van der Waals surface area (Å²) < 4.78 is 13.1. The molecule has 66 valence electrons. The van der Waals surface area contributed by atoms with E-state index < -0.39 is 10.7 Å². The molecule has 0 aromatic heterocycles. The molecule has 0 radical (unpaired) electrons. The van der Waals surface area contributed by atoms with Crippen LogP contribution in [0.15, 0.2) is 17.1 Å². The van der Waals surface area contributed by atoms with Crippen molar-refractivity contribution in [2.75, 3.05) is 0 Å². The van der Waals surface area contributed by atoms with Crippen molar-refractivity contribution < 1.29 is 9.31 Å². The van der Waals surface area contributed by atoms with Crippen LogP contribution in [0.25, 0.3) is 0 Å². The maximum absolute atomic E-state index is 13.1. The van der Waals surface area contributed by atoms with Gasteiger partial charge in [-0.2, -0.15) is 0 Å². The molecule has 4 nitrogen and oxygen atoms in total. The first-order valence-corrected chi connectivity index (χ1v) is 3.65. The zero-order valence-corrected chi connectivity index (χ0v) is 6.53. The van der Waals surface area contributed by atoms with Gasteiger partial charge in [-0.05, 0) is 0 Å². The fourth-order valence-corrected chi connectivity index (χ4v) is 1.27. The van der Waals surface area contributed by atoms with Crippen LogP contribution in [0.5, 0.6) is 0 Å². The minimum absolute atomic E-state index is 0.232. The Morgan fingerprint density at radius 1 is 1.54 bits per heavy atom. The number of nitrogens with zero attached hydrogens (tertiary/aromatic N) is 2. The fraction of sp³-hybridized carbons (Fsp3) is 0.125. The van der Waals surface area contributed by atoms with Crippen molar-refractivity contribution in [1.29, 1.82) is 0 Å². The molecule has 0 saturated carbocycles. The zero-order chi connectivity index (χ0) is 9.42. The van der Waals surface area contributed by atoms with E-state index in [-0.39, 0.29) is 12.2 Å². The number of non-ortho nitro benzene ring substituents is 1. The number of nitro benzene ring substituents is 1. The van der Waals surface area contributed by atoms with Crippen LogP contribution in [0.1, 0.15) is 11.1 Å². The van der Waals surface area contributed by atoms with Gasteiger partial charge in [-0.3, -0.25) is 15.1 Å². The molecule has 5 heteroatoms. The molecule has 2 rings (SSSR count). The average molecular weight is 180 g/mol. The van der Waals surface area contributed by atoms with Crippen LogP contribution in [-0.2, 0) is 6.54 Å². The number of benzene rings is 1. The maximum Gasteiger partial charge on any atom is 0.273 e. The minimum Gasteiger partial charge on any atom is -0.288 e. The van der Waals surface area contributed by atoms with E-state index in [9.17, 15) is 14.5 Å². The highest BCUT2D eigenvalue weighted by Gasteiger charge is 2.17. The molecule has 13 heavy (non-hydrogen) atoms. The van der Waals surface area contributed by atoms with Crippen LogP contribution in [0.4, 0.5) is 10.1 Å². The van der Waals surface area contributed by atoms with Gasteiger partial charge in [0.05, 0.1) is 17.5 Å². The maximum atomic E-state index is 13.1. The quantitative estimate of drug-likeness (QED) is 0.487. The van der Waals surface area contributed by atoms with Gasteiger partial charge in [-0.25, -0.2) is 4.39 Å². The van der Waals surface area contributed by atoms with E-state index in [0.29, 0.717) is 11.1 Å². The van der Waals surface area contributed by atoms with Crippen molar-refractivity contribution in [3.63, 3.8) is 0 Å². The Balaban J connectivity index is 2.60. The number of aliphatic imine (C=N–C) groups is 1. The van der Waals surface area contributed by atoms with Crippen LogP contribution in [0.3, 0.4) is 0 Å². The van der Waals surface area contributed by atoms with E-state index in [1.54, 1.807) is 0 Å². The Kier molecular flexibility index (Phi) is 1.58. The molecule has 0 unspecified atom stereocenters. The van der Waals surface area contributed by atoms with Crippen LogP contribution < -0.4 is 0 Å². The summed E-state index contributed by atoms with van der Waals surface area (Å²) in [6.07, 6.45) is 1.45. The van der Waals surface area contributed by atoms with E-state index in [0.717, 1.165) is 6.07 Å². The molecule has 0 fully saturated rings. The molecule has 0 spiro atoms. The lowest BCUT2D eigenvalue weighted by Crippen LogP contribution is -1.95. The molecule has 0 N–H and O–H groups in total. The van der Waals surface area contributed by atoms with Gasteiger partial charge in [0.25, 0.3) is 5.69 Å². The molecule has 0 atom stereocenters. The van der Waals surface area contributed by atoms with Crippen molar-refractivity contribution in [2.24, 2.45) is 4.99 Å². The zero-order valence-electron chi connectivity index (χ0n) is 6.53. The molecule has 1 aliphatic rings. The van der Waals surface area contributed by atoms with Gasteiger partial charge < -0.3 is 0 Å². The van der Waals surface area contributed by atoms with Crippen LogP contribution in [-0.4, -0.2) is 11.1 Å². The van der Waals surface area contributed by atoms with E-state index in [1.165, 1.54) is 12.3 Å². The molecule has 1 aromatic carbocycles. The molecule has 1 aromatic rings. The van der Waals surface area contributed by atoms with Gasteiger partial charge in [-0.1, -0.05) is 0 Å². The van der Waals surface area contributed by atoms with Crippen molar-refractivity contribution in [1.82, 2.24) is 0 Å². The SMILES string of the molecule is O=[N+]([O-])c1cc(F)c2c(c1)C=NC2. The van der Waals surface area contributed by atoms with Crippen LogP contribution >= 0.6 is 0 Å².